The molecule has 0 atom stereocenters. The Morgan fingerprint density at radius 2 is 1.80 bits per heavy atom. The Labute approximate surface area is 147 Å². The Kier molecular flexibility index (Phi) is 6.05. The van der Waals surface area contributed by atoms with Crippen LogP contribution < -0.4 is 5.43 Å². The highest BCUT2D eigenvalue weighted by molar-refractivity contribution is 5.93. The zero-order valence-corrected chi connectivity index (χ0v) is 14.4. The van der Waals surface area contributed by atoms with E-state index in [4.69, 9.17) is 4.74 Å². The molecule has 0 unspecified atom stereocenters. The van der Waals surface area contributed by atoms with Crippen molar-refractivity contribution in [2.24, 2.45) is 0 Å². The molecule has 1 aliphatic heterocycles. The van der Waals surface area contributed by atoms with Crippen LogP contribution in [0.25, 0.3) is 11.4 Å². The van der Waals surface area contributed by atoms with Crippen LogP contribution in [0.4, 0.5) is 0 Å². The minimum atomic E-state index is -0.176. The summed E-state index contributed by atoms with van der Waals surface area (Å²) in [4.78, 5) is 23.3. The smallest absolute Gasteiger partial charge is 0.268 e. The van der Waals surface area contributed by atoms with E-state index in [1.165, 1.54) is 0 Å². The van der Waals surface area contributed by atoms with Gasteiger partial charge in [-0.3, -0.25) is 15.1 Å². The van der Waals surface area contributed by atoms with E-state index in [1.807, 2.05) is 35.3 Å². The van der Waals surface area contributed by atoms with Crippen molar-refractivity contribution in [3.63, 3.8) is 0 Å². The lowest BCUT2D eigenvalue weighted by Gasteiger charge is -2.34. The molecular formula is C18H23N5O2. The summed E-state index contributed by atoms with van der Waals surface area (Å²) in [6, 6.07) is 9.70. The van der Waals surface area contributed by atoms with E-state index < -0.39 is 0 Å². The third kappa shape index (κ3) is 4.82. The van der Waals surface area contributed by atoms with Crippen LogP contribution in [-0.4, -0.2) is 72.2 Å². The molecule has 132 valence electrons. The third-order valence-corrected chi connectivity index (χ3v) is 4.19. The van der Waals surface area contributed by atoms with Gasteiger partial charge in [-0.15, -0.1) is 0 Å². The Morgan fingerprint density at radius 3 is 2.44 bits per heavy atom. The van der Waals surface area contributed by atoms with E-state index in [1.54, 1.807) is 19.5 Å². The second-order valence-electron chi connectivity index (χ2n) is 5.92. The van der Waals surface area contributed by atoms with Gasteiger partial charge in [0.25, 0.3) is 5.91 Å². The molecule has 7 heteroatoms. The number of rotatable bonds is 6. The van der Waals surface area contributed by atoms with Gasteiger partial charge in [-0.05, 0) is 0 Å². The minimum Gasteiger partial charge on any atom is -0.383 e. The summed E-state index contributed by atoms with van der Waals surface area (Å²) in [5, 5.41) is 1.94. The summed E-state index contributed by atoms with van der Waals surface area (Å²) in [5.74, 6) is 0.439. The van der Waals surface area contributed by atoms with Crippen molar-refractivity contribution < 1.29 is 9.53 Å². The third-order valence-electron chi connectivity index (χ3n) is 4.19. The highest BCUT2D eigenvalue weighted by Crippen LogP contribution is 2.13. The maximum Gasteiger partial charge on any atom is 0.268 e. The van der Waals surface area contributed by atoms with Gasteiger partial charge in [0.2, 0.25) is 0 Å². The first-order valence-corrected chi connectivity index (χ1v) is 8.41. The summed E-state index contributed by atoms with van der Waals surface area (Å²) < 4.78 is 5.10. The van der Waals surface area contributed by atoms with Crippen LogP contribution in [0.5, 0.6) is 0 Å². The van der Waals surface area contributed by atoms with Crippen LogP contribution in [0.1, 0.15) is 10.4 Å². The first kappa shape index (κ1) is 17.5. The predicted octanol–water partition coefficient (Wildman–Crippen LogP) is 1.05. The second kappa shape index (κ2) is 8.66. The van der Waals surface area contributed by atoms with Gasteiger partial charge in [0.05, 0.1) is 12.2 Å². The minimum absolute atomic E-state index is 0.176. The van der Waals surface area contributed by atoms with E-state index >= 15 is 0 Å². The number of hydrogen-bond acceptors (Lipinski definition) is 6. The van der Waals surface area contributed by atoms with E-state index in [2.05, 4.69) is 20.3 Å². The topological polar surface area (TPSA) is 70.6 Å². The summed E-state index contributed by atoms with van der Waals surface area (Å²) in [6.45, 7) is 5.06. The van der Waals surface area contributed by atoms with E-state index in [-0.39, 0.29) is 5.91 Å². The van der Waals surface area contributed by atoms with Gasteiger partial charge < -0.3 is 4.74 Å². The Bertz CT molecular complexity index is 670. The summed E-state index contributed by atoms with van der Waals surface area (Å²) in [5.41, 5.74) is 4.32. The van der Waals surface area contributed by atoms with Gasteiger partial charge in [-0.1, -0.05) is 30.3 Å². The number of hydrogen-bond donors (Lipinski definition) is 1. The highest BCUT2D eigenvalue weighted by atomic mass is 16.5. The monoisotopic (exact) mass is 341 g/mol. The Hall–Kier alpha value is -2.35. The van der Waals surface area contributed by atoms with Crippen molar-refractivity contribution in [1.82, 2.24) is 25.3 Å². The van der Waals surface area contributed by atoms with E-state index in [0.717, 1.165) is 44.9 Å². The molecule has 25 heavy (non-hydrogen) atoms. The zero-order valence-electron chi connectivity index (χ0n) is 14.4. The number of carbonyl (C=O) groups is 1. The fraction of sp³-hybridized carbons (Fsp3) is 0.389. The summed E-state index contributed by atoms with van der Waals surface area (Å²) in [7, 11) is 1.71. The molecule has 0 aliphatic carbocycles. The molecule has 1 aromatic carbocycles. The number of ether oxygens (including phenoxy) is 1. The number of nitrogens with zero attached hydrogens (tertiary/aromatic N) is 4. The fourth-order valence-corrected chi connectivity index (χ4v) is 2.69. The molecule has 0 spiro atoms. The fourth-order valence-electron chi connectivity index (χ4n) is 2.69. The molecule has 3 rings (SSSR count). The van der Waals surface area contributed by atoms with Crippen molar-refractivity contribution in [3.05, 3.63) is 48.3 Å². The molecule has 7 nitrogen and oxygen atoms in total. The molecule has 1 saturated heterocycles. The van der Waals surface area contributed by atoms with Crippen LogP contribution in [0.2, 0.25) is 0 Å². The predicted molar refractivity (Wildman–Crippen MR) is 94.8 cm³/mol. The SMILES string of the molecule is COCCN1CCN(NC(=O)c2cnc(-c3ccccc3)nc2)CC1. The van der Waals surface area contributed by atoms with Crippen molar-refractivity contribution in [1.29, 1.82) is 0 Å². The molecule has 0 bridgehead atoms. The average Bonchev–Trinajstić information content (AvgIpc) is 2.68. The van der Waals surface area contributed by atoms with Crippen molar-refractivity contribution in [2.75, 3.05) is 46.4 Å². The second-order valence-corrected chi connectivity index (χ2v) is 5.92. The lowest BCUT2D eigenvalue weighted by atomic mass is 10.2. The molecule has 1 amide bonds. The van der Waals surface area contributed by atoms with E-state index in [0.29, 0.717) is 11.4 Å². The molecular weight excluding hydrogens is 318 g/mol. The molecule has 1 fully saturated rings. The van der Waals surface area contributed by atoms with Crippen molar-refractivity contribution in [3.8, 4) is 11.4 Å². The quantitative estimate of drug-likeness (QED) is 0.847. The average molecular weight is 341 g/mol. The standard InChI is InChI=1S/C18H23N5O2/c1-25-12-11-22-7-9-23(10-8-22)21-18(24)16-13-19-17(20-14-16)15-5-3-2-4-6-15/h2-6,13-14H,7-12H2,1H3,(H,21,24). The van der Waals surface area contributed by atoms with Gasteiger partial charge in [0.15, 0.2) is 5.82 Å². The largest absolute Gasteiger partial charge is 0.383 e. The molecule has 0 saturated carbocycles. The normalized spacial score (nSPS) is 15.9. The lowest BCUT2D eigenvalue weighted by molar-refractivity contribution is 0.0549. The van der Waals surface area contributed by atoms with Crippen LogP contribution in [-0.2, 0) is 4.74 Å². The number of nitrogens with one attached hydrogen (secondary N) is 1. The zero-order chi connectivity index (χ0) is 17.5. The number of aromatic nitrogens is 2. The van der Waals surface area contributed by atoms with Crippen LogP contribution in [0.15, 0.2) is 42.7 Å². The lowest BCUT2D eigenvalue weighted by Crippen LogP contribution is -2.54. The van der Waals surface area contributed by atoms with Crippen molar-refractivity contribution >= 4 is 5.91 Å². The number of methoxy groups -OCH3 is 1. The number of piperazine rings is 1. The Balaban J connectivity index is 1.52. The van der Waals surface area contributed by atoms with Gasteiger partial charge in [0.1, 0.15) is 0 Å². The van der Waals surface area contributed by atoms with Gasteiger partial charge in [0, 0.05) is 57.8 Å². The van der Waals surface area contributed by atoms with Crippen LogP contribution in [0, 0.1) is 0 Å². The highest BCUT2D eigenvalue weighted by Gasteiger charge is 2.19. The number of benzene rings is 1. The molecule has 1 N–H and O–H groups in total. The number of carbonyl (C=O) groups excluding carboxylic acids is 1. The van der Waals surface area contributed by atoms with Crippen LogP contribution in [0.3, 0.4) is 0 Å². The summed E-state index contributed by atoms with van der Waals surface area (Å²) in [6.07, 6.45) is 3.14. The summed E-state index contributed by atoms with van der Waals surface area (Å²) >= 11 is 0. The molecule has 2 aromatic rings. The Morgan fingerprint density at radius 1 is 1.12 bits per heavy atom. The van der Waals surface area contributed by atoms with Gasteiger partial charge in [-0.25, -0.2) is 15.0 Å². The number of hydrazine groups is 1. The molecule has 1 aromatic heterocycles. The maximum absolute atomic E-state index is 12.3. The molecule has 2 heterocycles. The first-order valence-electron chi connectivity index (χ1n) is 8.41. The molecule has 1 aliphatic rings. The molecule has 0 radical (unpaired) electrons. The number of amides is 1. The van der Waals surface area contributed by atoms with Crippen LogP contribution >= 0.6 is 0 Å². The van der Waals surface area contributed by atoms with Gasteiger partial charge >= 0.3 is 0 Å². The van der Waals surface area contributed by atoms with E-state index in [9.17, 15) is 4.79 Å². The maximum atomic E-state index is 12.3. The van der Waals surface area contributed by atoms with Crippen molar-refractivity contribution in [2.45, 2.75) is 0 Å². The van der Waals surface area contributed by atoms with Gasteiger partial charge in [-0.2, -0.15) is 0 Å². The first-order chi connectivity index (χ1) is 12.3.